The summed E-state index contributed by atoms with van der Waals surface area (Å²) in [5.41, 5.74) is 6.41. The Bertz CT molecular complexity index is 755. The van der Waals surface area contributed by atoms with E-state index in [9.17, 15) is 12.8 Å². The maximum atomic E-state index is 13.9. The van der Waals surface area contributed by atoms with Gasteiger partial charge in [-0.15, -0.1) is 11.3 Å². The van der Waals surface area contributed by atoms with E-state index in [1.807, 2.05) is 6.92 Å². The number of aryl methyl sites for hydroxylation is 2. The summed E-state index contributed by atoms with van der Waals surface area (Å²) in [6.07, 6.45) is 0. The number of sulfonamides is 1. The smallest absolute Gasteiger partial charge is 0.266 e. The molecule has 0 spiro atoms. The predicted molar refractivity (Wildman–Crippen MR) is 80.9 cm³/mol. The van der Waals surface area contributed by atoms with Gasteiger partial charge in [0.2, 0.25) is 0 Å². The van der Waals surface area contributed by atoms with Crippen molar-refractivity contribution < 1.29 is 12.8 Å². The van der Waals surface area contributed by atoms with Gasteiger partial charge in [0.05, 0.1) is 10.2 Å². The van der Waals surface area contributed by atoms with E-state index in [1.54, 1.807) is 6.92 Å². The van der Waals surface area contributed by atoms with Gasteiger partial charge in [-0.25, -0.2) is 17.8 Å². The quantitative estimate of drug-likeness (QED) is 0.802. The number of aromatic nitrogens is 1. The zero-order valence-corrected chi connectivity index (χ0v) is 13.8. The van der Waals surface area contributed by atoms with Gasteiger partial charge in [-0.3, -0.25) is 4.72 Å². The van der Waals surface area contributed by atoms with Crippen LogP contribution in [0.5, 0.6) is 0 Å². The predicted octanol–water partition coefficient (Wildman–Crippen LogP) is 3.04. The summed E-state index contributed by atoms with van der Waals surface area (Å²) in [5, 5.41) is 0.193. The number of hydrogen-bond acceptors (Lipinski definition) is 5. The molecule has 0 saturated carbocycles. The molecule has 0 aliphatic carbocycles. The molecule has 0 saturated heterocycles. The number of halogens is 2. The Labute approximate surface area is 128 Å². The summed E-state index contributed by atoms with van der Waals surface area (Å²) >= 11 is 4.11. The highest BCUT2D eigenvalue weighted by atomic mass is 79.9. The van der Waals surface area contributed by atoms with Crippen LogP contribution in [0.2, 0.25) is 0 Å². The molecule has 0 bridgehead atoms. The van der Waals surface area contributed by atoms with Crippen molar-refractivity contribution in [2.24, 2.45) is 0 Å². The summed E-state index contributed by atoms with van der Waals surface area (Å²) in [7, 11) is -4.08. The Balaban J connectivity index is 2.45. The van der Waals surface area contributed by atoms with Gasteiger partial charge in [0.1, 0.15) is 4.90 Å². The fraction of sp³-hybridized carbons (Fsp3) is 0.182. The average Bonchev–Trinajstić information content (AvgIpc) is 2.61. The lowest BCUT2D eigenvalue weighted by Crippen LogP contribution is -2.15. The van der Waals surface area contributed by atoms with Gasteiger partial charge >= 0.3 is 0 Å². The Hall–Kier alpha value is -1.19. The second-order valence-corrected chi connectivity index (χ2v) is 7.79. The zero-order valence-electron chi connectivity index (χ0n) is 10.6. The maximum Gasteiger partial charge on any atom is 0.266 e. The van der Waals surface area contributed by atoms with Crippen molar-refractivity contribution >= 4 is 48.1 Å². The molecule has 0 unspecified atom stereocenters. The molecule has 2 rings (SSSR count). The summed E-state index contributed by atoms with van der Waals surface area (Å²) < 4.78 is 40.5. The topological polar surface area (TPSA) is 85.1 Å². The van der Waals surface area contributed by atoms with Crippen LogP contribution in [0.25, 0.3) is 0 Å². The molecule has 0 amide bonds. The van der Waals surface area contributed by atoms with Gasteiger partial charge in [0.25, 0.3) is 10.0 Å². The molecule has 1 heterocycles. The van der Waals surface area contributed by atoms with Crippen LogP contribution in [0.15, 0.2) is 21.5 Å². The van der Waals surface area contributed by atoms with E-state index in [-0.39, 0.29) is 15.3 Å². The first-order chi connectivity index (χ1) is 9.20. The van der Waals surface area contributed by atoms with Gasteiger partial charge in [0.15, 0.2) is 10.9 Å². The van der Waals surface area contributed by atoms with E-state index in [2.05, 4.69) is 25.6 Å². The number of hydrogen-bond donors (Lipinski definition) is 2. The normalized spacial score (nSPS) is 11.6. The molecular formula is C11H11BrFN3O2S2. The number of nitrogens with two attached hydrogens (primary N) is 1. The monoisotopic (exact) mass is 379 g/mol. The van der Waals surface area contributed by atoms with Crippen LogP contribution >= 0.6 is 27.3 Å². The minimum Gasteiger partial charge on any atom is -0.399 e. The zero-order chi connectivity index (χ0) is 15.1. The molecule has 3 N–H and O–H groups in total. The van der Waals surface area contributed by atoms with Gasteiger partial charge < -0.3 is 5.73 Å². The summed E-state index contributed by atoms with van der Waals surface area (Å²) in [6, 6.07) is 2.36. The van der Waals surface area contributed by atoms with Crippen molar-refractivity contribution in [2.45, 2.75) is 18.7 Å². The molecule has 9 heteroatoms. The van der Waals surface area contributed by atoms with Crippen molar-refractivity contribution in [3.8, 4) is 0 Å². The lowest BCUT2D eigenvalue weighted by Gasteiger charge is -2.08. The van der Waals surface area contributed by atoms with E-state index in [0.717, 1.165) is 16.6 Å². The Morgan fingerprint density at radius 2 is 2.05 bits per heavy atom. The van der Waals surface area contributed by atoms with Crippen molar-refractivity contribution in [1.82, 2.24) is 4.98 Å². The molecule has 0 aliphatic heterocycles. The van der Waals surface area contributed by atoms with Crippen molar-refractivity contribution in [3.63, 3.8) is 0 Å². The third kappa shape index (κ3) is 2.94. The van der Waals surface area contributed by atoms with Gasteiger partial charge in [0, 0.05) is 10.6 Å². The van der Waals surface area contributed by atoms with Crippen molar-refractivity contribution in [2.75, 3.05) is 10.5 Å². The second kappa shape index (κ2) is 5.30. The minimum absolute atomic E-state index is 0.00984. The van der Waals surface area contributed by atoms with E-state index < -0.39 is 20.7 Å². The number of nitrogens with one attached hydrogen (secondary N) is 1. The maximum absolute atomic E-state index is 13.9. The third-order valence-electron chi connectivity index (χ3n) is 2.56. The molecule has 1 aromatic carbocycles. The van der Waals surface area contributed by atoms with Crippen molar-refractivity contribution in [1.29, 1.82) is 0 Å². The van der Waals surface area contributed by atoms with Crippen LogP contribution in [0.3, 0.4) is 0 Å². The molecule has 0 radical (unpaired) electrons. The number of thiazole rings is 1. The third-order valence-corrected chi connectivity index (χ3v) is 5.59. The summed E-state index contributed by atoms with van der Waals surface area (Å²) in [4.78, 5) is 4.43. The van der Waals surface area contributed by atoms with Gasteiger partial charge in [-0.1, -0.05) is 0 Å². The molecule has 20 heavy (non-hydrogen) atoms. The molecule has 0 aliphatic rings. The van der Waals surface area contributed by atoms with Crippen LogP contribution in [0.1, 0.15) is 10.6 Å². The molecule has 0 fully saturated rings. The Kier molecular flexibility index (Phi) is 4.03. The second-order valence-electron chi connectivity index (χ2n) is 4.08. The molecule has 1 aromatic heterocycles. The fourth-order valence-electron chi connectivity index (χ4n) is 1.47. The van der Waals surface area contributed by atoms with E-state index >= 15 is 0 Å². The van der Waals surface area contributed by atoms with Crippen LogP contribution in [-0.2, 0) is 10.0 Å². The number of anilines is 2. The molecule has 0 atom stereocenters. The SMILES string of the molecule is Cc1nc(NS(=O)(=O)c2cc(N)cc(Br)c2F)sc1C. The highest BCUT2D eigenvalue weighted by Gasteiger charge is 2.23. The first-order valence-corrected chi connectivity index (χ1v) is 8.51. The average molecular weight is 380 g/mol. The standard InChI is InChI=1S/C11H11BrFN3O2S2/c1-5-6(2)19-11(15-5)16-20(17,18)9-4-7(14)3-8(12)10(9)13/h3-4H,14H2,1-2H3,(H,15,16). The number of nitrogen functional groups attached to an aromatic ring is 1. The highest BCUT2D eigenvalue weighted by molar-refractivity contribution is 9.10. The number of benzene rings is 1. The van der Waals surface area contributed by atoms with E-state index in [1.165, 1.54) is 17.4 Å². The summed E-state index contributed by atoms with van der Waals surface area (Å²) in [5.74, 6) is -0.892. The number of nitrogens with zero attached hydrogens (tertiary/aromatic N) is 1. The summed E-state index contributed by atoms with van der Waals surface area (Å²) in [6.45, 7) is 3.59. The fourth-order valence-corrected chi connectivity index (χ4v) is 4.26. The van der Waals surface area contributed by atoms with E-state index in [0.29, 0.717) is 0 Å². The molecular weight excluding hydrogens is 369 g/mol. The van der Waals surface area contributed by atoms with Crippen LogP contribution in [-0.4, -0.2) is 13.4 Å². The van der Waals surface area contributed by atoms with E-state index in [4.69, 9.17) is 5.73 Å². The van der Waals surface area contributed by atoms with Gasteiger partial charge in [-0.05, 0) is 41.9 Å². The van der Waals surface area contributed by atoms with Gasteiger partial charge in [-0.2, -0.15) is 0 Å². The lowest BCUT2D eigenvalue weighted by atomic mass is 10.3. The van der Waals surface area contributed by atoms with Crippen LogP contribution in [0, 0.1) is 19.7 Å². The highest BCUT2D eigenvalue weighted by Crippen LogP contribution is 2.29. The molecule has 2 aromatic rings. The number of rotatable bonds is 3. The van der Waals surface area contributed by atoms with Crippen LogP contribution < -0.4 is 10.5 Å². The Morgan fingerprint density at radius 3 is 2.60 bits per heavy atom. The lowest BCUT2D eigenvalue weighted by molar-refractivity contribution is 0.567. The van der Waals surface area contributed by atoms with Crippen molar-refractivity contribution in [3.05, 3.63) is 33.0 Å². The molecule has 108 valence electrons. The molecule has 5 nitrogen and oxygen atoms in total. The minimum atomic E-state index is -4.08. The largest absolute Gasteiger partial charge is 0.399 e. The Morgan fingerprint density at radius 1 is 1.40 bits per heavy atom. The van der Waals surface area contributed by atoms with Crippen LogP contribution in [0.4, 0.5) is 15.2 Å². The first kappa shape index (κ1) is 15.2. The first-order valence-electron chi connectivity index (χ1n) is 5.42.